The molecule has 4 nitrogen and oxygen atoms in total. The van der Waals surface area contributed by atoms with Crippen LogP contribution < -0.4 is 0 Å². The van der Waals surface area contributed by atoms with Crippen molar-refractivity contribution in [3.8, 4) is 0 Å². The molecule has 0 aromatic heterocycles. The van der Waals surface area contributed by atoms with Crippen molar-refractivity contribution in [2.45, 2.75) is 44.4 Å². The molecule has 1 rings (SSSR count). The van der Waals surface area contributed by atoms with Gasteiger partial charge in [0.2, 0.25) is 0 Å². The summed E-state index contributed by atoms with van der Waals surface area (Å²) in [5.41, 5.74) is -0.697. The van der Waals surface area contributed by atoms with Crippen molar-refractivity contribution < 1.29 is 19.7 Å². The minimum absolute atomic E-state index is 0.301. The lowest BCUT2D eigenvalue weighted by Crippen LogP contribution is -2.55. The molecule has 0 radical (unpaired) electrons. The van der Waals surface area contributed by atoms with Crippen molar-refractivity contribution in [2.24, 2.45) is 0 Å². The monoisotopic (exact) mass is 176 g/mol. The SMILES string of the molecule is CO[C@@]1(C)CC(O)OC(C)[C@@H]1O. The molecule has 1 aliphatic rings. The number of methoxy groups -OCH3 is 1. The molecule has 1 fully saturated rings. The molecule has 1 saturated heterocycles. The molecule has 0 bridgehead atoms. The fourth-order valence-electron chi connectivity index (χ4n) is 1.54. The van der Waals surface area contributed by atoms with Gasteiger partial charge in [0.15, 0.2) is 6.29 Å². The van der Waals surface area contributed by atoms with E-state index >= 15 is 0 Å². The fourth-order valence-corrected chi connectivity index (χ4v) is 1.54. The number of ether oxygens (including phenoxy) is 2. The molecule has 4 atom stereocenters. The molecular formula is C8H16O4. The van der Waals surface area contributed by atoms with Crippen LogP contribution in [0.25, 0.3) is 0 Å². The molecule has 0 spiro atoms. The molecule has 72 valence electrons. The average molecular weight is 176 g/mol. The van der Waals surface area contributed by atoms with Crippen LogP contribution in [0.4, 0.5) is 0 Å². The zero-order valence-corrected chi connectivity index (χ0v) is 7.65. The van der Waals surface area contributed by atoms with Crippen molar-refractivity contribution >= 4 is 0 Å². The Kier molecular flexibility index (Phi) is 2.73. The van der Waals surface area contributed by atoms with E-state index in [4.69, 9.17) is 9.47 Å². The Labute approximate surface area is 72.1 Å². The second-order valence-electron chi connectivity index (χ2n) is 3.46. The summed E-state index contributed by atoms with van der Waals surface area (Å²) in [6, 6.07) is 0. The lowest BCUT2D eigenvalue weighted by atomic mass is 9.89. The van der Waals surface area contributed by atoms with E-state index in [2.05, 4.69) is 0 Å². The zero-order chi connectivity index (χ0) is 9.35. The van der Waals surface area contributed by atoms with Crippen LogP contribution in [0.5, 0.6) is 0 Å². The van der Waals surface area contributed by atoms with Gasteiger partial charge in [0.05, 0.1) is 11.7 Å². The van der Waals surface area contributed by atoms with Crippen molar-refractivity contribution in [1.82, 2.24) is 0 Å². The molecule has 12 heavy (non-hydrogen) atoms. The number of aliphatic hydroxyl groups is 2. The zero-order valence-electron chi connectivity index (χ0n) is 7.65. The van der Waals surface area contributed by atoms with Crippen molar-refractivity contribution in [3.05, 3.63) is 0 Å². The normalized spacial score (nSPS) is 49.2. The second kappa shape index (κ2) is 3.30. The van der Waals surface area contributed by atoms with E-state index in [1.807, 2.05) is 0 Å². The van der Waals surface area contributed by atoms with Crippen LogP contribution in [0.3, 0.4) is 0 Å². The van der Waals surface area contributed by atoms with Gasteiger partial charge < -0.3 is 19.7 Å². The summed E-state index contributed by atoms with van der Waals surface area (Å²) in [6.07, 6.45) is -1.62. The smallest absolute Gasteiger partial charge is 0.157 e. The van der Waals surface area contributed by atoms with Gasteiger partial charge in [-0.3, -0.25) is 0 Å². The summed E-state index contributed by atoms with van der Waals surface area (Å²) in [7, 11) is 1.52. The molecule has 1 heterocycles. The topological polar surface area (TPSA) is 58.9 Å². The molecule has 2 unspecified atom stereocenters. The lowest BCUT2D eigenvalue weighted by molar-refractivity contribution is -0.263. The van der Waals surface area contributed by atoms with Crippen LogP contribution in [-0.4, -0.2) is 41.4 Å². The summed E-state index contributed by atoms with van der Waals surface area (Å²) in [5.74, 6) is 0. The van der Waals surface area contributed by atoms with Gasteiger partial charge in [-0.25, -0.2) is 0 Å². The maximum absolute atomic E-state index is 9.65. The Morgan fingerprint density at radius 2 is 2.08 bits per heavy atom. The maximum Gasteiger partial charge on any atom is 0.157 e. The first kappa shape index (κ1) is 9.92. The van der Waals surface area contributed by atoms with Crippen LogP contribution >= 0.6 is 0 Å². The summed E-state index contributed by atoms with van der Waals surface area (Å²) in [6.45, 7) is 3.48. The van der Waals surface area contributed by atoms with E-state index in [1.54, 1.807) is 13.8 Å². The van der Waals surface area contributed by atoms with Crippen LogP contribution in [-0.2, 0) is 9.47 Å². The Bertz CT molecular complexity index is 161. The van der Waals surface area contributed by atoms with Gasteiger partial charge in [-0.05, 0) is 13.8 Å². The number of hydrogen-bond acceptors (Lipinski definition) is 4. The van der Waals surface area contributed by atoms with Crippen LogP contribution in [0.1, 0.15) is 20.3 Å². The summed E-state index contributed by atoms with van der Waals surface area (Å²) >= 11 is 0. The predicted octanol–water partition coefficient (Wildman–Crippen LogP) is -0.120. The lowest BCUT2D eigenvalue weighted by Gasteiger charge is -2.42. The number of rotatable bonds is 1. The van der Waals surface area contributed by atoms with Crippen LogP contribution in [0, 0.1) is 0 Å². The predicted molar refractivity (Wildman–Crippen MR) is 42.6 cm³/mol. The molecule has 0 aromatic rings. The van der Waals surface area contributed by atoms with Crippen molar-refractivity contribution in [3.63, 3.8) is 0 Å². The molecule has 0 saturated carbocycles. The Morgan fingerprint density at radius 3 is 2.58 bits per heavy atom. The van der Waals surface area contributed by atoms with Gasteiger partial charge >= 0.3 is 0 Å². The average Bonchev–Trinajstić information content (AvgIpc) is 2.00. The summed E-state index contributed by atoms with van der Waals surface area (Å²) in [5, 5.41) is 18.9. The van der Waals surface area contributed by atoms with Crippen molar-refractivity contribution in [1.29, 1.82) is 0 Å². The minimum Gasteiger partial charge on any atom is -0.387 e. The van der Waals surface area contributed by atoms with Crippen LogP contribution in [0.15, 0.2) is 0 Å². The van der Waals surface area contributed by atoms with Crippen LogP contribution in [0.2, 0.25) is 0 Å². The van der Waals surface area contributed by atoms with Crippen molar-refractivity contribution in [2.75, 3.05) is 7.11 Å². The molecule has 0 amide bonds. The summed E-state index contributed by atoms with van der Waals surface area (Å²) < 4.78 is 10.2. The molecule has 2 N–H and O–H groups in total. The standard InChI is InChI=1S/C8H16O4/c1-5-7(10)8(2,11-3)4-6(9)12-5/h5-7,9-10H,4H2,1-3H3/t5?,6?,7-,8-/m0/s1. The molecular weight excluding hydrogens is 160 g/mol. The molecule has 4 heteroatoms. The Morgan fingerprint density at radius 1 is 1.50 bits per heavy atom. The largest absolute Gasteiger partial charge is 0.387 e. The van der Waals surface area contributed by atoms with Gasteiger partial charge in [0, 0.05) is 13.5 Å². The highest BCUT2D eigenvalue weighted by molar-refractivity contribution is 4.91. The van der Waals surface area contributed by atoms with Gasteiger partial charge in [0.1, 0.15) is 6.10 Å². The third-order valence-corrected chi connectivity index (χ3v) is 2.49. The third kappa shape index (κ3) is 1.61. The van der Waals surface area contributed by atoms with Gasteiger partial charge in [-0.2, -0.15) is 0 Å². The van der Waals surface area contributed by atoms with Gasteiger partial charge in [0.25, 0.3) is 0 Å². The van der Waals surface area contributed by atoms with E-state index in [0.717, 1.165) is 0 Å². The molecule has 1 aliphatic heterocycles. The van der Waals surface area contributed by atoms with E-state index in [-0.39, 0.29) is 0 Å². The van der Waals surface area contributed by atoms with E-state index in [1.165, 1.54) is 7.11 Å². The first-order valence-corrected chi connectivity index (χ1v) is 4.06. The molecule has 0 aliphatic carbocycles. The number of aliphatic hydroxyl groups excluding tert-OH is 2. The first-order valence-electron chi connectivity index (χ1n) is 4.06. The highest BCUT2D eigenvalue weighted by Crippen LogP contribution is 2.30. The van der Waals surface area contributed by atoms with E-state index in [9.17, 15) is 10.2 Å². The quantitative estimate of drug-likeness (QED) is 0.584. The summed E-state index contributed by atoms with van der Waals surface area (Å²) in [4.78, 5) is 0. The number of hydrogen-bond donors (Lipinski definition) is 2. The maximum atomic E-state index is 9.65. The highest BCUT2D eigenvalue weighted by atomic mass is 16.6. The van der Waals surface area contributed by atoms with Gasteiger partial charge in [-0.15, -0.1) is 0 Å². The second-order valence-corrected chi connectivity index (χ2v) is 3.46. The highest BCUT2D eigenvalue weighted by Gasteiger charge is 2.44. The fraction of sp³-hybridized carbons (Fsp3) is 1.00. The first-order chi connectivity index (χ1) is 5.49. The third-order valence-electron chi connectivity index (χ3n) is 2.49. The molecule has 0 aromatic carbocycles. The minimum atomic E-state index is -0.839. The van der Waals surface area contributed by atoms with E-state index < -0.39 is 24.1 Å². The van der Waals surface area contributed by atoms with Gasteiger partial charge in [-0.1, -0.05) is 0 Å². The Balaban J connectivity index is 2.72. The van der Waals surface area contributed by atoms with E-state index in [0.29, 0.717) is 6.42 Å². The Hall–Kier alpha value is -0.160.